The Hall–Kier alpha value is -4.35. The van der Waals surface area contributed by atoms with Crippen molar-refractivity contribution in [1.82, 2.24) is 24.0 Å². The second-order valence-corrected chi connectivity index (χ2v) is 9.60. The lowest BCUT2D eigenvalue weighted by atomic mass is 10.2. The number of rotatable bonds is 10. The monoisotopic (exact) mass is 550 g/mol. The van der Waals surface area contributed by atoms with Gasteiger partial charge in [0.2, 0.25) is 11.9 Å². The van der Waals surface area contributed by atoms with E-state index >= 15 is 0 Å². The number of hydrogen-bond donors (Lipinski definition) is 2. The zero-order valence-corrected chi connectivity index (χ0v) is 23.3. The summed E-state index contributed by atoms with van der Waals surface area (Å²) in [7, 11) is 9.18. The van der Waals surface area contributed by atoms with Crippen molar-refractivity contribution in [2.24, 2.45) is 7.05 Å². The summed E-state index contributed by atoms with van der Waals surface area (Å²) in [5.74, 6) is 0.786. The maximum atomic E-state index is 13.1. The van der Waals surface area contributed by atoms with E-state index in [9.17, 15) is 9.59 Å². The molecule has 4 rings (SSSR count). The summed E-state index contributed by atoms with van der Waals surface area (Å²) in [6.07, 6.45) is 2.77. The number of hydrogen-bond acceptors (Lipinski definition) is 8. The van der Waals surface area contributed by atoms with Crippen LogP contribution in [0, 0.1) is 0 Å². The Kier molecular flexibility index (Phi) is 8.22. The van der Waals surface area contributed by atoms with Crippen LogP contribution in [0.1, 0.15) is 0 Å². The summed E-state index contributed by atoms with van der Waals surface area (Å²) in [6, 6.07) is 10.5. The van der Waals surface area contributed by atoms with Crippen LogP contribution < -0.4 is 26.0 Å². The second-order valence-electron chi connectivity index (χ2n) is 9.16. The fourth-order valence-electron chi connectivity index (χ4n) is 4.09. The first kappa shape index (κ1) is 27.7. The van der Waals surface area contributed by atoms with Gasteiger partial charge in [0, 0.05) is 50.5 Å². The van der Waals surface area contributed by atoms with Gasteiger partial charge in [0.05, 0.1) is 35.2 Å². The van der Waals surface area contributed by atoms with Crippen LogP contribution in [0.25, 0.3) is 16.9 Å². The molecule has 0 saturated heterocycles. The lowest BCUT2D eigenvalue weighted by molar-refractivity contribution is -0.111. The van der Waals surface area contributed by atoms with Crippen LogP contribution in [0.5, 0.6) is 5.75 Å². The van der Waals surface area contributed by atoms with E-state index in [4.69, 9.17) is 16.3 Å². The number of aromatic nitrogens is 4. The summed E-state index contributed by atoms with van der Waals surface area (Å²) in [6.45, 7) is 5.09. The molecule has 2 heterocycles. The van der Waals surface area contributed by atoms with Crippen LogP contribution in [0.3, 0.4) is 0 Å². The third-order valence-electron chi connectivity index (χ3n) is 6.19. The molecule has 0 aliphatic carbocycles. The summed E-state index contributed by atoms with van der Waals surface area (Å²) in [5, 5.41) is 6.57. The molecule has 204 valence electrons. The maximum absolute atomic E-state index is 13.1. The van der Waals surface area contributed by atoms with Crippen LogP contribution in [-0.2, 0) is 11.8 Å². The smallest absolute Gasteiger partial charge is 0.334 e. The van der Waals surface area contributed by atoms with Gasteiger partial charge in [-0.3, -0.25) is 9.36 Å². The molecule has 4 aromatic rings. The zero-order chi connectivity index (χ0) is 28.3. The average Bonchev–Trinajstić information content (AvgIpc) is 3.16. The zero-order valence-electron chi connectivity index (χ0n) is 22.5. The van der Waals surface area contributed by atoms with Gasteiger partial charge in [0.15, 0.2) is 0 Å². The lowest BCUT2D eigenvalue weighted by Gasteiger charge is -2.26. The molecule has 1 amide bonds. The molecule has 12 heteroatoms. The number of methoxy groups -OCH3 is 1. The number of nitrogens with zero attached hydrogens (tertiary/aromatic N) is 6. The molecule has 0 unspecified atom stereocenters. The number of carbonyl (C=O) groups is 1. The summed E-state index contributed by atoms with van der Waals surface area (Å²) >= 11 is 6.15. The number of benzene rings is 2. The van der Waals surface area contributed by atoms with Crippen molar-refractivity contribution < 1.29 is 9.53 Å². The van der Waals surface area contributed by atoms with E-state index in [2.05, 4.69) is 32.1 Å². The van der Waals surface area contributed by atoms with Gasteiger partial charge in [0.25, 0.3) is 0 Å². The Bertz CT molecular complexity index is 1590. The van der Waals surface area contributed by atoms with Crippen molar-refractivity contribution in [2.45, 2.75) is 0 Å². The third kappa shape index (κ3) is 5.89. The fraction of sp³-hybridized carbons (Fsp3) is 0.259. The maximum Gasteiger partial charge on any atom is 0.334 e. The highest BCUT2D eigenvalue weighted by atomic mass is 35.5. The van der Waals surface area contributed by atoms with Crippen molar-refractivity contribution in [3.63, 3.8) is 0 Å². The van der Waals surface area contributed by atoms with Crippen LogP contribution in [0.2, 0.25) is 5.02 Å². The number of fused-ring (bicyclic) bond motifs is 1. The minimum absolute atomic E-state index is 0.235. The highest BCUT2D eigenvalue weighted by Crippen LogP contribution is 2.38. The molecule has 0 aliphatic heterocycles. The normalized spacial score (nSPS) is 11.1. The number of anilines is 4. The summed E-state index contributed by atoms with van der Waals surface area (Å²) in [4.78, 5) is 38.3. The highest BCUT2D eigenvalue weighted by Gasteiger charge is 2.18. The van der Waals surface area contributed by atoms with Gasteiger partial charge < -0.3 is 25.2 Å². The van der Waals surface area contributed by atoms with E-state index in [0.717, 1.165) is 18.8 Å². The molecule has 11 nitrogen and oxygen atoms in total. The van der Waals surface area contributed by atoms with Crippen LogP contribution in [0.15, 0.2) is 60.0 Å². The molecule has 2 aromatic carbocycles. The van der Waals surface area contributed by atoms with Gasteiger partial charge in [-0.1, -0.05) is 18.2 Å². The summed E-state index contributed by atoms with van der Waals surface area (Å²) < 4.78 is 8.68. The van der Waals surface area contributed by atoms with Gasteiger partial charge in [-0.05, 0) is 44.4 Å². The summed E-state index contributed by atoms with van der Waals surface area (Å²) in [5.41, 5.74) is 2.92. The molecule has 2 N–H and O–H groups in total. The average molecular weight is 551 g/mol. The number of ether oxygens (including phenoxy) is 1. The number of likely N-dealkylation sites (N-methyl/N-ethyl adjacent to an activating group) is 2. The van der Waals surface area contributed by atoms with Crippen LogP contribution in [0.4, 0.5) is 23.0 Å². The standard InChI is InChI=1S/C27H31ClN8O3/c1-7-25(37)30-18-15-19(23(39-6)16-21(18)34(4)13-12-33(2)3)31-26-29-11-10-24(32-26)36-20-9-8-17(28)14-22(20)35(5)27(36)38/h7-11,14-16H,1,12-13H2,2-6H3,(H,30,37)(H,29,31,32). The van der Waals surface area contributed by atoms with Crippen LogP contribution in [-0.4, -0.2) is 71.3 Å². The molecule has 2 aromatic heterocycles. The molecule has 0 bridgehead atoms. The lowest BCUT2D eigenvalue weighted by Crippen LogP contribution is -2.29. The van der Waals surface area contributed by atoms with E-state index in [1.54, 1.807) is 50.7 Å². The van der Waals surface area contributed by atoms with E-state index in [1.165, 1.54) is 15.2 Å². The second kappa shape index (κ2) is 11.6. The molecule has 0 spiro atoms. The molecule has 39 heavy (non-hydrogen) atoms. The molecular formula is C27H31ClN8O3. The first-order valence-electron chi connectivity index (χ1n) is 12.1. The minimum Gasteiger partial charge on any atom is -0.494 e. The van der Waals surface area contributed by atoms with E-state index < -0.39 is 0 Å². The van der Waals surface area contributed by atoms with E-state index in [-0.39, 0.29) is 17.5 Å². The van der Waals surface area contributed by atoms with Gasteiger partial charge >= 0.3 is 5.69 Å². The minimum atomic E-state index is -0.345. The molecule has 0 saturated carbocycles. The molecule has 0 radical (unpaired) electrons. The Morgan fingerprint density at radius 1 is 1.13 bits per heavy atom. The predicted molar refractivity (Wildman–Crippen MR) is 156 cm³/mol. The largest absolute Gasteiger partial charge is 0.494 e. The quantitative estimate of drug-likeness (QED) is 0.288. The Morgan fingerprint density at radius 2 is 1.90 bits per heavy atom. The van der Waals surface area contributed by atoms with Crippen molar-refractivity contribution >= 4 is 51.6 Å². The van der Waals surface area contributed by atoms with Crippen molar-refractivity contribution in [3.8, 4) is 11.6 Å². The van der Waals surface area contributed by atoms with Gasteiger partial charge in [-0.15, -0.1) is 0 Å². The number of amides is 1. The molecule has 0 fully saturated rings. The molecular weight excluding hydrogens is 520 g/mol. The Labute approximate surface area is 231 Å². The van der Waals surface area contributed by atoms with Gasteiger partial charge in [-0.25, -0.2) is 14.3 Å². The predicted octanol–water partition coefficient (Wildman–Crippen LogP) is 3.65. The van der Waals surface area contributed by atoms with Crippen molar-refractivity contribution in [1.29, 1.82) is 0 Å². The Balaban J connectivity index is 1.75. The topological polar surface area (TPSA) is 110 Å². The van der Waals surface area contributed by atoms with Crippen LogP contribution >= 0.6 is 11.6 Å². The van der Waals surface area contributed by atoms with Gasteiger partial charge in [-0.2, -0.15) is 4.98 Å². The number of aryl methyl sites for hydroxylation is 1. The number of imidazole rings is 1. The Morgan fingerprint density at radius 3 is 2.59 bits per heavy atom. The number of nitrogens with one attached hydrogen (secondary N) is 2. The first-order valence-corrected chi connectivity index (χ1v) is 12.5. The fourth-order valence-corrected chi connectivity index (χ4v) is 4.26. The molecule has 0 atom stereocenters. The number of carbonyl (C=O) groups excluding carboxylic acids is 1. The van der Waals surface area contributed by atoms with Gasteiger partial charge in [0.1, 0.15) is 11.6 Å². The highest BCUT2D eigenvalue weighted by molar-refractivity contribution is 6.31. The third-order valence-corrected chi connectivity index (χ3v) is 6.42. The van der Waals surface area contributed by atoms with E-state index in [1.807, 2.05) is 32.1 Å². The van der Waals surface area contributed by atoms with Crippen molar-refractivity contribution in [3.05, 3.63) is 70.8 Å². The molecule has 0 aliphatic rings. The number of halogens is 1. The SMILES string of the molecule is C=CC(=O)Nc1cc(Nc2nccc(-n3c(=O)n(C)c4cc(Cl)ccc43)n2)c(OC)cc1N(C)CCN(C)C. The van der Waals surface area contributed by atoms with E-state index in [0.29, 0.717) is 39.0 Å². The van der Waals surface area contributed by atoms with Crippen molar-refractivity contribution in [2.75, 3.05) is 56.9 Å². The first-order chi connectivity index (χ1) is 18.6.